The van der Waals surface area contributed by atoms with Crippen molar-refractivity contribution in [2.24, 2.45) is 5.73 Å². The van der Waals surface area contributed by atoms with E-state index in [1.54, 1.807) is 30.3 Å². The van der Waals surface area contributed by atoms with E-state index < -0.39 is 34.6 Å². The summed E-state index contributed by atoms with van der Waals surface area (Å²) in [5.74, 6) is -4.28. The van der Waals surface area contributed by atoms with E-state index in [0.717, 1.165) is 0 Å². The molecule has 0 aliphatic heterocycles. The van der Waals surface area contributed by atoms with Gasteiger partial charge >= 0.3 is 0 Å². The molecule has 1 unspecified atom stereocenters. The van der Waals surface area contributed by atoms with Gasteiger partial charge in [0.05, 0.1) is 0 Å². The van der Waals surface area contributed by atoms with Gasteiger partial charge in [0.15, 0.2) is 11.6 Å². The Hall–Kier alpha value is -2.34. The van der Waals surface area contributed by atoms with Crippen LogP contribution in [0.25, 0.3) is 0 Å². The fourth-order valence-electron chi connectivity index (χ4n) is 1.82. The topological polar surface area (TPSA) is 55.1 Å². The van der Waals surface area contributed by atoms with Crippen LogP contribution in [0, 0.1) is 17.5 Å². The third kappa shape index (κ3) is 3.05. The highest BCUT2D eigenvalue weighted by atomic mass is 19.1. The molecule has 0 bridgehead atoms. The van der Waals surface area contributed by atoms with Gasteiger partial charge in [-0.15, -0.1) is 0 Å². The minimum absolute atomic E-state index is 0.477. The molecule has 0 aromatic heterocycles. The van der Waals surface area contributed by atoms with Crippen molar-refractivity contribution in [2.75, 3.05) is 5.32 Å². The molecule has 3 nitrogen and oxygen atoms in total. The molecule has 0 aliphatic rings. The van der Waals surface area contributed by atoms with Crippen LogP contribution in [-0.2, 0) is 10.3 Å². The van der Waals surface area contributed by atoms with E-state index in [9.17, 15) is 18.0 Å². The molecule has 2 aromatic rings. The number of hydrogen-bond acceptors (Lipinski definition) is 2. The Morgan fingerprint density at radius 2 is 1.62 bits per heavy atom. The summed E-state index contributed by atoms with van der Waals surface area (Å²) in [6.45, 7) is 1.41. The van der Waals surface area contributed by atoms with E-state index in [-0.39, 0.29) is 0 Å². The molecule has 2 aromatic carbocycles. The Kier molecular flexibility index (Phi) is 3.99. The number of carbonyl (C=O) groups is 1. The first kappa shape index (κ1) is 15.1. The number of amides is 1. The molecule has 0 saturated heterocycles. The van der Waals surface area contributed by atoms with Crippen molar-refractivity contribution in [2.45, 2.75) is 12.5 Å². The zero-order valence-electron chi connectivity index (χ0n) is 11.2. The number of rotatable bonds is 3. The Bertz CT molecular complexity index is 649. The summed E-state index contributed by atoms with van der Waals surface area (Å²) in [5.41, 5.74) is 4.19. The molecule has 6 heteroatoms. The minimum Gasteiger partial charge on any atom is -0.319 e. The zero-order chi connectivity index (χ0) is 15.6. The molecule has 1 atom stereocenters. The number of hydrogen-bond donors (Lipinski definition) is 2. The molecular formula is C15H13F3N2O. The average Bonchev–Trinajstić information content (AvgIpc) is 2.43. The van der Waals surface area contributed by atoms with Crippen molar-refractivity contribution in [1.82, 2.24) is 0 Å². The Labute approximate surface area is 119 Å². The lowest BCUT2D eigenvalue weighted by Gasteiger charge is -2.24. The lowest BCUT2D eigenvalue weighted by Crippen LogP contribution is -2.45. The lowest BCUT2D eigenvalue weighted by molar-refractivity contribution is -0.120. The molecule has 3 N–H and O–H groups in total. The summed E-state index contributed by atoms with van der Waals surface area (Å²) in [5, 5.41) is 2.06. The average molecular weight is 294 g/mol. The first-order chi connectivity index (χ1) is 9.82. The van der Waals surface area contributed by atoms with Crippen LogP contribution >= 0.6 is 0 Å². The maximum Gasteiger partial charge on any atom is 0.248 e. The van der Waals surface area contributed by atoms with Gasteiger partial charge in [-0.1, -0.05) is 30.3 Å². The Balaban J connectivity index is 2.30. The van der Waals surface area contributed by atoms with Gasteiger partial charge in [0.2, 0.25) is 5.91 Å². The molecule has 1 amide bonds. The number of nitrogens with two attached hydrogens (primary N) is 1. The van der Waals surface area contributed by atoms with Crippen molar-refractivity contribution >= 4 is 11.6 Å². The predicted molar refractivity (Wildman–Crippen MR) is 72.9 cm³/mol. The molecule has 0 saturated carbocycles. The van der Waals surface area contributed by atoms with Crippen LogP contribution < -0.4 is 11.1 Å². The summed E-state index contributed by atoms with van der Waals surface area (Å²) in [6.07, 6.45) is 0. The second-order valence-corrected chi connectivity index (χ2v) is 4.77. The van der Waals surface area contributed by atoms with E-state index in [2.05, 4.69) is 5.32 Å². The first-order valence-electron chi connectivity index (χ1n) is 6.13. The molecule has 0 aliphatic carbocycles. The Morgan fingerprint density at radius 3 is 2.14 bits per heavy atom. The van der Waals surface area contributed by atoms with Crippen LogP contribution in [0.15, 0.2) is 42.5 Å². The van der Waals surface area contributed by atoms with E-state index in [1.165, 1.54) is 6.92 Å². The zero-order valence-corrected chi connectivity index (χ0v) is 11.2. The summed E-state index contributed by atoms with van der Waals surface area (Å²) < 4.78 is 39.9. The van der Waals surface area contributed by atoms with Crippen molar-refractivity contribution < 1.29 is 18.0 Å². The number of benzene rings is 2. The van der Waals surface area contributed by atoms with Gasteiger partial charge in [-0.05, 0) is 12.5 Å². The number of nitrogens with one attached hydrogen (secondary N) is 1. The normalized spacial score (nSPS) is 13.6. The molecule has 0 heterocycles. The highest BCUT2D eigenvalue weighted by Crippen LogP contribution is 2.24. The molecule has 2 rings (SSSR count). The molecule has 0 fully saturated rings. The van der Waals surface area contributed by atoms with Gasteiger partial charge in [-0.25, -0.2) is 13.2 Å². The van der Waals surface area contributed by atoms with Crippen LogP contribution in [-0.4, -0.2) is 5.91 Å². The van der Waals surface area contributed by atoms with E-state index in [4.69, 9.17) is 5.73 Å². The molecule has 110 valence electrons. The smallest absolute Gasteiger partial charge is 0.248 e. The summed E-state index contributed by atoms with van der Waals surface area (Å²) in [6, 6.07) is 9.33. The largest absolute Gasteiger partial charge is 0.319 e. The third-order valence-corrected chi connectivity index (χ3v) is 3.09. The molecule has 0 radical (unpaired) electrons. The molecule has 21 heavy (non-hydrogen) atoms. The maximum atomic E-state index is 13.5. The van der Waals surface area contributed by atoms with Crippen LogP contribution in [0.4, 0.5) is 18.9 Å². The second kappa shape index (κ2) is 5.57. The van der Waals surface area contributed by atoms with Crippen molar-refractivity contribution in [1.29, 1.82) is 0 Å². The predicted octanol–water partition coefficient (Wildman–Crippen LogP) is 2.92. The summed E-state index contributed by atoms with van der Waals surface area (Å²) in [4.78, 5) is 12.2. The second-order valence-electron chi connectivity index (χ2n) is 4.77. The first-order valence-corrected chi connectivity index (χ1v) is 6.13. The molecular weight excluding hydrogens is 281 g/mol. The third-order valence-electron chi connectivity index (χ3n) is 3.09. The maximum absolute atomic E-state index is 13.5. The fraction of sp³-hybridized carbons (Fsp3) is 0.133. The van der Waals surface area contributed by atoms with Crippen LogP contribution in [0.2, 0.25) is 0 Å². The number of anilines is 1. The number of halogens is 3. The van der Waals surface area contributed by atoms with Gasteiger partial charge in [0, 0.05) is 12.1 Å². The van der Waals surface area contributed by atoms with Crippen molar-refractivity contribution in [3.63, 3.8) is 0 Å². The van der Waals surface area contributed by atoms with Gasteiger partial charge in [0.1, 0.15) is 17.0 Å². The van der Waals surface area contributed by atoms with Gasteiger partial charge in [0.25, 0.3) is 0 Å². The number of carbonyl (C=O) groups excluding carboxylic acids is 1. The van der Waals surface area contributed by atoms with E-state index in [1.807, 2.05) is 0 Å². The quantitative estimate of drug-likeness (QED) is 0.914. The monoisotopic (exact) mass is 294 g/mol. The SMILES string of the molecule is CC(N)(C(=O)Nc1c(F)cc(F)cc1F)c1ccccc1. The highest BCUT2D eigenvalue weighted by molar-refractivity contribution is 5.98. The van der Waals surface area contributed by atoms with Crippen molar-refractivity contribution in [3.8, 4) is 0 Å². The van der Waals surface area contributed by atoms with Crippen molar-refractivity contribution in [3.05, 3.63) is 65.5 Å². The van der Waals surface area contributed by atoms with Crippen LogP contribution in [0.1, 0.15) is 12.5 Å². The molecule has 0 spiro atoms. The minimum atomic E-state index is -1.49. The fourth-order valence-corrected chi connectivity index (χ4v) is 1.82. The summed E-state index contributed by atoms with van der Waals surface area (Å²) in [7, 11) is 0. The van der Waals surface area contributed by atoms with Crippen LogP contribution in [0.5, 0.6) is 0 Å². The van der Waals surface area contributed by atoms with E-state index in [0.29, 0.717) is 17.7 Å². The standard InChI is InChI=1S/C15H13F3N2O/c1-15(19,9-5-3-2-4-6-9)14(21)20-13-11(17)7-10(16)8-12(13)18/h2-8H,19H2,1H3,(H,20,21). The Morgan fingerprint density at radius 1 is 1.10 bits per heavy atom. The highest BCUT2D eigenvalue weighted by Gasteiger charge is 2.31. The summed E-state index contributed by atoms with van der Waals surface area (Å²) >= 11 is 0. The van der Waals surface area contributed by atoms with E-state index >= 15 is 0 Å². The van der Waals surface area contributed by atoms with Gasteiger partial charge in [-0.3, -0.25) is 4.79 Å². The van der Waals surface area contributed by atoms with Gasteiger partial charge in [-0.2, -0.15) is 0 Å². The van der Waals surface area contributed by atoms with Crippen LogP contribution in [0.3, 0.4) is 0 Å². The van der Waals surface area contributed by atoms with Gasteiger partial charge < -0.3 is 11.1 Å². The lowest BCUT2D eigenvalue weighted by atomic mass is 9.92.